The van der Waals surface area contributed by atoms with Gasteiger partial charge in [0.1, 0.15) is 39.1 Å². The molecule has 6 heteroatoms. The van der Waals surface area contributed by atoms with Crippen LogP contribution in [0.4, 0.5) is 0 Å². The standard InChI is InChI=1S/C86H130O4Si2/c1-17-21-25-29-33-43-49-55-63-87-83-71-81(61-67-91(73(5)6,74(7)8)75(9)10)85(89-65-57-51-45-35-31-27-23-19-3)69-79(83)59-53-47-41-39-37-38-40-42-48-54-60-80-70-86(90-66-58-52-46-36-32-28-24-20-4)82(62-68-92(76(11)12,77(13)14)78(15)16)72-84(80)88-64-56-50-44-34-30-26-22-18-2/h69-78H,17-36,43-46,49-52,55-58,63-66H2,1-16H3. The van der Waals surface area contributed by atoms with Crippen molar-refractivity contribution >= 4 is 16.1 Å². The van der Waals surface area contributed by atoms with Gasteiger partial charge in [-0.3, -0.25) is 0 Å². The van der Waals surface area contributed by atoms with Gasteiger partial charge in [-0.1, -0.05) is 302 Å². The summed E-state index contributed by atoms with van der Waals surface area (Å²) < 4.78 is 26.5. The van der Waals surface area contributed by atoms with E-state index in [1.165, 1.54) is 154 Å². The Balaban J connectivity index is 2.61. The molecule has 92 heavy (non-hydrogen) atoms. The van der Waals surface area contributed by atoms with Crippen LogP contribution in [-0.2, 0) is 0 Å². The van der Waals surface area contributed by atoms with Gasteiger partial charge in [-0.25, -0.2) is 0 Å². The minimum atomic E-state index is -2.03. The van der Waals surface area contributed by atoms with Crippen molar-refractivity contribution in [1.82, 2.24) is 0 Å². The van der Waals surface area contributed by atoms with Crippen LogP contribution in [0.5, 0.6) is 23.0 Å². The molecule has 0 fully saturated rings. The molecule has 0 spiro atoms. The summed E-state index contributed by atoms with van der Waals surface area (Å²) >= 11 is 0. The Kier molecular flexibility index (Phi) is 46.6. The van der Waals surface area contributed by atoms with E-state index in [-0.39, 0.29) is 0 Å². The van der Waals surface area contributed by atoms with Crippen molar-refractivity contribution in [2.45, 2.75) is 349 Å². The third-order valence-corrected chi connectivity index (χ3v) is 31.3. The normalized spacial score (nSPS) is 11.0. The van der Waals surface area contributed by atoms with Crippen molar-refractivity contribution in [3.63, 3.8) is 0 Å². The Labute approximate surface area is 571 Å². The number of rotatable bonds is 46. The zero-order valence-corrected chi connectivity index (χ0v) is 63.9. The van der Waals surface area contributed by atoms with E-state index >= 15 is 0 Å². The molecule has 0 unspecified atom stereocenters. The molecule has 0 radical (unpaired) electrons. The molecular formula is C86H130O4Si2. The molecule has 0 bridgehead atoms. The molecule has 0 heterocycles. The summed E-state index contributed by atoms with van der Waals surface area (Å²) in [6.07, 6.45) is 39.6. The Bertz CT molecular complexity index is 2640. The van der Waals surface area contributed by atoms with Gasteiger partial charge in [0.25, 0.3) is 0 Å². The van der Waals surface area contributed by atoms with Crippen LogP contribution in [0.3, 0.4) is 0 Å². The lowest BCUT2D eigenvalue weighted by Gasteiger charge is -2.38. The highest BCUT2D eigenvalue weighted by Gasteiger charge is 2.43. The van der Waals surface area contributed by atoms with E-state index in [4.69, 9.17) is 18.9 Å². The van der Waals surface area contributed by atoms with E-state index in [9.17, 15) is 0 Å². The van der Waals surface area contributed by atoms with Gasteiger partial charge in [0.05, 0.1) is 48.7 Å². The minimum Gasteiger partial charge on any atom is -0.492 e. The smallest absolute Gasteiger partial charge is 0.146 e. The number of unbranched alkanes of at least 4 members (excludes halogenated alkanes) is 28. The molecule has 506 valence electrons. The summed E-state index contributed by atoms with van der Waals surface area (Å²) in [4.78, 5) is 0. The van der Waals surface area contributed by atoms with Crippen molar-refractivity contribution in [2.75, 3.05) is 26.4 Å². The van der Waals surface area contributed by atoms with Crippen molar-refractivity contribution < 1.29 is 18.9 Å². The second kappa shape index (κ2) is 51.9. The molecule has 2 rings (SSSR count). The van der Waals surface area contributed by atoms with E-state index in [0.29, 0.717) is 59.7 Å². The molecule has 4 nitrogen and oxygen atoms in total. The molecule has 0 N–H and O–H groups in total. The zero-order valence-electron chi connectivity index (χ0n) is 61.9. The first-order valence-corrected chi connectivity index (χ1v) is 42.0. The van der Waals surface area contributed by atoms with Crippen LogP contribution in [0.2, 0.25) is 33.2 Å². The summed E-state index contributed by atoms with van der Waals surface area (Å²) in [5.41, 5.74) is 14.3. The van der Waals surface area contributed by atoms with Gasteiger partial charge in [-0.05, 0) is 130 Å². The molecule has 0 saturated heterocycles. The summed E-state index contributed by atoms with van der Waals surface area (Å²) in [5.74, 6) is 46.2. The molecule has 0 aliphatic heterocycles. The average molecular weight is 1280 g/mol. The fourth-order valence-corrected chi connectivity index (χ4v) is 23.8. The van der Waals surface area contributed by atoms with Crippen molar-refractivity contribution in [1.29, 1.82) is 0 Å². The Morgan fingerprint density at radius 2 is 0.413 bits per heavy atom. The first kappa shape index (κ1) is 82.6. The Morgan fingerprint density at radius 1 is 0.239 bits per heavy atom. The maximum atomic E-state index is 6.65. The molecule has 2 aromatic rings. The van der Waals surface area contributed by atoms with Crippen molar-refractivity contribution in [3.05, 3.63) is 46.5 Å². The van der Waals surface area contributed by atoms with Gasteiger partial charge in [0.15, 0.2) is 0 Å². The summed E-state index contributed by atoms with van der Waals surface area (Å²) in [5, 5.41) is 0. The van der Waals surface area contributed by atoms with Gasteiger partial charge in [-0.15, -0.1) is 11.1 Å². The fraction of sp³-hybridized carbons (Fsp3) is 0.674. The monoisotopic (exact) mass is 1280 g/mol. The lowest BCUT2D eigenvalue weighted by atomic mass is 10.1. The van der Waals surface area contributed by atoms with E-state index < -0.39 is 16.1 Å². The molecule has 2 aromatic carbocycles. The average Bonchev–Trinajstić information content (AvgIpc) is 1.01. The van der Waals surface area contributed by atoms with E-state index in [1.54, 1.807) is 0 Å². The third kappa shape index (κ3) is 33.1. The molecular weight excluding hydrogens is 1150 g/mol. The molecule has 0 aliphatic carbocycles. The van der Waals surface area contributed by atoms with Crippen LogP contribution in [0.25, 0.3) is 0 Å². The third-order valence-electron chi connectivity index (χ3n) is 18.7. The summed E-state index contributed by atoms with van der Waals surface area (Å²) in [6.45, 7) is 40.0. The van der Waals surface area contributed by atoms with Crippen LogP contribution < -0.4 is 18.9 Å². The van der Waals surface area contributed by atoms with E-state index in [1.807, 2.05) is 12.1 Å². The van der Waals surface area contributed by atoms with Crippen molar-refractivity contribution in [2.24, 2.45) is 0 Å². The highest BCUT2D eigenvalue weighted by atomic mass is 28.3. The van der Waals surface area contributed by atoms with Crippen LogP contribution in [0, 0.1) is 94.0 Å². The van der Waals surface area contributed by atoms with Crippen molar-refractivity contribution in [3.8, 4) is 117 Å². The van der Waals surface area contributed by atoms with Gasteiger partial charge >= 0.3 is 0 Å². The van der Waals surface area contributed by atoms with Crippen LogP contribution >= 0.6 is 0 Å². The lowest BCUT2D eigenvalue weighted by molar-refractivity contribution is 0.295. The maximum absolute atomic E-state index is 6.65. The number of hydrogen-bond donors (Lipinski definition) is 0. The number of ether oxygens (including phenoxy) is 4. The largest absolute Gasteiger partial charge is 0.492 e. The second-order valence-electron chi connectivity index (χ2n) is 27.8. The SMILES string of the molecule is CCCCCCCCCCOc1cc(C#C[Si](C(C)C)(C(C)C)C(C)C)c(OCCCCCCCCCC)cc1C#CC#CC#CC#CC#CC#Cc1cc(OCCCCCCCCCC)c(C#C[Si](C(C)C)(C(C)C)C(C)C)cc1OCCCCCCCCCC. The predicted molar refractivity (Wildman–Crippen MR) is 406 cm³/mol. The molecule has 0 aromatic heterocycles. The Morgan fingerprint density at radius 3 is 0.609 bits per heavy atom. The second-order valence-corrected chi connectivity index (χ2v) is 38.9. The molecule has 0 amide bonds. The van der Waals surface area contributed by atoms with Crippen LogP contribution in [0.1, 0.15) is 338 Å². The molecule has 0 aliphatic rings. The van der Waals surface area contributed by atoms with Crippen LogP contribution in [-0.4, -0.2) is 42.6 Å². The number of hydrogen-bond acceptors (Lipinski definition) is 4. The summed E-state index contributed by atoms with van der Waals surface area (Å²) in [6, 6.07) is 8.24. The minimum absolute atomic E-state index is 0.513. The lowest BCUT2D eigenvalue weighted by Crippen LogP contribution is -2.43. The highest BCUT2D eigenvalue weighted by molar-refractivity contribution is 6.91. The number of benzene rings is 2. The Hall–Kier alpha value is -5.45. The fourth-order valence-electron chi connectivity index (χ4n) is 13.3. The van der Waals surface area contributed by atoms with Gasteiger partial charge < -0.3 is 18.9 Å². The predicted octanol–water partition coefficient (Wildman–Crippen LogP) is 24.3. The van der Waals surface area contributed by atoms with E-state index in [2.05, 4.69) is 217 Å². The van der Waals surface area contributed by atoms with Gasteiger partial charge in [0.2, 0.25) is 0 Å². The van der Waals surface area contributed by atoms with Gasteiger partial charge in [-0.2, -0.15) is 0 Å². The topological polar surface area (TPSA) is 36.9 Å². The zero-order chi connectivity index (χ0) is 67.5. The highest BCUT2D eigenvalue weighted by Crippen LogP contribution is 2.43. The van der Waals surface area contributed by atoms with E-state index in [0.717, 1.165) is 96.6 Å². The van der Waals surface area contributed by atoms with Crippen LogP contribution in [0.15, 0.2) is 24.3 Å². The summed E-state index contributed by atoms with van der Waals surface area (Å²) in [7, 11) is -4.06. The first-order valence-electron chi connectivity index (χ1n) is 37.5. The van der Waals surface area contributed by atoms with Gasteiger partial charge in [0, 0.05) is 24.3 Å². The quantitative estimate of drug-likeness (QED) is 0.0376. The maximum Gasteiger partial charge on any atom is 0.146 e. The first-order chi connectivity index (χ1) is 44.6. The molecule has 0 saturated carbocycles. The molecule has 0 atom stereocenters.